The average molecular weight is 547 g/mol. The Morgan fingerprint density at radius 1 is 1.11 bits per heavy atom. The number of para-hydroxylation sites is 1. The fourth-order valence-electron chi connectivity index (χ4n) is 4.77. The van der Waals surface area contributed by atoms with E-state index < -0.39 is 11.6 Å². The van der Waals surface area contributed by atoms with Gasteiger partial charge in [-0.3, -0.25) is 4.79 Å². The monoisotopic (exact) mass is 546 g/mol. The normalized spacial score (nSPS) is 20.3. The largest absolute Gasteiger partial charge is 0.494 e. The van der Waals surface area contributed by atoms with Gasteiger partial charge < -0.3 is 19.5 Å². The van der Waals surface area contributed by atoms with E-state index in [2.05, 4.69) is 22.5 Å². The fourth-order valence-corrected chi connectivity index (χ4v) is 5.03. The summed E-state index contributed by atoms with van der Waals surface area (Å²) in [5, 5.41) is 8.97. The van der Waals surface area contributed by atoms with Crippen LogP contribution in [0.15, 0.2) is 94.9 Å². The lowest BCUT2D eigenvalue weighted by Gasteiger charge is -2.41. The number of hydrogen-bond acceptors (Lipinski definition) is 5. The second-order valence-corrected chi connectivity index (χ2v) is 9.77. The average Bonchev–Trinajstić information content (AvgIpc) is 3.29. The molecule has 0 saturated carbocycles. The lowest BCUT2D eigenvalue weighted by molar-refractivity contribution is -0.126. The van der Waals surface area contributed by atoms with Crippen LogP contribution in [0.3, 0.4) is 0 Å². The second-order valence-electron chi connectivity index (χ2n) is 8.86. The number of rotatable bonds is 9. The van der Waals surface area contributed by atoms with Crippen LogP contribution >= 0.6 is 15.9 Å². The third-order valence-corrected chi connectivity index (χ3v) is 6.99. The number of fused-ring (bicyclic) bond motifs is 3. The molecule has 2 aliphatic rings. The summed E-state index contributed by atoms with van der Waals surface area (Å²) in [5.41, 5.74) is 2.38. The summed E-state index contributed by atoms with van der Waals surface area (Å²) in [6.07, 6.45) is 2.15. The van der Waals surface area contributed by atoms with Crippen molar-refractivity contribution in [3.05, 3.63) is 107 Å². The topological polar surface area (TPSA) is 71.4 Å². The SMILES string of the molecule is C=CCN1C(=O)[C@]2(Cc3ccc(Br)cc3)N=C(c3ccc(OCCCO)cc3)O[C@@H]2c2ccccc21. The van der Waals surface area contributed by atoms with Crippen molar-refractivity contribution in [2.75, 3.05) is 24.7 Å². The number of aliphatic hydroxyl groups is 1. The Labute approximate surface area is 219 Å². The molecule has 36 heavy (non-hydrogen) atoms. The molecule has 1 N–H and O–H groups in total. The summed E-state index contributed by atoms with van der Waals surface area (Å²) in [7, 11) is 0. The first-order chi connectivity index (χ1) is 17.6. The predicted molar refractivity (Wildman–Crippen MR) is 144 cm³/mol. The van der Waals surface area contributed by atoms with E-state index in [0.29, 0.717) is 37.6 Å². The van der Waals surface area contributed by atoms with Gasteiger partial charge in [0.2, 0.25) is 5.90 Å². The van der Waals surface area contributed by atoms with Crippen molar-refractivity contribution in [1.82, 2.24) is 0 Å². The first kappa shape index (κ1) is 24.3. The van der Waals surface area contributed by atoms with E-state index in [0.717, 1.165) is 26.9 Å². The molecule has 1 amide bonds. The second kappa shape index (κ2) is 10.3. The van der Waals surface area contributed by atoms with Gasteiger partial charge in [-0.15, -0.1) is 6.58 Å². The van der Waals surface area contributed by atoms with E-state index in [1.807, 2.05) is 72.8 Å². The number of nitrogens with zero attached hydrogens (tertiary/aromatic N) is 2. The highest BCUT2D eigenvalue weighted by Crippen LogP contribution is 2.50. The lowest BCUT2D eigenvalue weighted by Crippen LogP contribution is -2.55. The summed E-state index contributed by atoms with van der Waals surface area (Å²) < 4.78 is 13.1. The number of benzene rings is 3. The maximum Gasteiger partial charge on any atom is 0.259 e. The van der Waals surface area contributed by atoms with Crippen molar-refractivity contribution >= 4 is 33.4 Å². The zero-order chi connectivity index (χ0) is 25.1. The van der Waals surface area contributed by atoms with E-state index in [4.69, 9.17) is 19.6 Å². The number of carbonyl (C=O) groups is 1. The molecule has 3 aromatic rings. The van der Waals surface area contributed by atoms with Gasteiger partial charge >= 0.3 is 0 Å². The number of aliphatic hydroxyl groups excluding tert-OH is 1. The van der Waals surface area contributed by atoms with Crippen LogP contribution < -0.4 is 9.64 Å². The zero-order valence-electron chi connectivity index (χ0n) is 19.8. The fraction of sp³-hybridized carbons (Fsp3) is 0.241. The quantitative estimate of drug-likeness (QED) is 0.294. The molecule has 7 heteroatoms. The number of carbonyl (C=O) groups excluding carboxylic acids is 1. The number of amides is 1. The third kappa shape index (κ3) is 4.45. The summed E-state index contributed by atoms with van der Waals surface area (Å²) in [4.78, 5) is 21.0. The minimum atomic E-state index is -1.14. The Morgan fingerprint density at radius 2 is 1.86 bits per heavy atom. The highest BCUT2D eigenvalue weighted by Gasteiger charge is 2.58. The van der Waals surface area contributed by atoms with Gasteiger partial charge in [-0.05, 0) is 48.0 Å². The molecular weight excluding hydrogens is 520 g/mol. The Bertz CT molecular complexity index is 1290. The molecule has 0 unspecified atom stereocenters. The number of anilines is 1. The van der Waals surface area contributed by atoms with Crippen molar-refractivity contribution in [2.24, 2.45) is 4.99 Å². The molecule has 0 aliphatic carbocycles. The molecule has 0 radical (unpaired) electrons. The van der Waals surface area contributed by atoms with Crippen LogP contribution in [0.5, 0.6) is 5.75 Å². The summed E-state index contributed by atoms with van der Waals surface area (Å²) in [5.74, 6) is 1.03. The third-order valence-electron chi connectivity index (χ3n) is 6.46. The van der Waals surface area contributed by atoms with Gasteiger partial charge in [0.15, 0.2) is 11.6 Å². The first-order valence-electron chi connectivity index (χ1n) is 11.9. The Morgan fingerprint density at radius 3 is 2.58 bits per heavy atom. The van der Waals surface area contributed by atoms with Gasteiger partial charge in [0.05, 0.1) is 12.3 Å². The number of halogens is 1. The minimum Gasteiger partial charge on any atom is -0.494 e. The van der Waals surface area contributed by atoms with Crippen LogP contribution in [0, 0.1) is 0 Å². The van der Waals surface area contributed by atoms with Crippen molar-refractivity contribution < 1.29 is 19.4 Å². The minimum absolute atomic E-state index is 0.0863. The zero-order valence-corrected chi connectivity index (χ0v) is 21.4. The van der Waals surface area contributed by atoms with E-state index in [9.17, 15) is 4.79 Å². The molecule has 2 aliphatic heterocycles. The van der Waals surface area contributed by atoms with Crippen LogP contribution in [0.2, 0.25) is 0 Å². The maximum absolute atomic E-state index is 14.2. The van der Waals surface area contributed by atoms with Crippen molar-refractivity contribution in [3.63, 3.8) is 0 Å². The summed E-state index contributed by atoms with van der Waals surface area (Å²) in [6, 6.07) is 23.3. The van der Waals surface area contributed by atoms with E-state index in [-0.39, 0.29) is 12.5 Å². The number of ether oxygens (including phenoxy) is 2. The van der Waals surface area contributed by atoms with E-state index in [1.165, 1.54) is 0 Å². The molecule has 3 aromatic carbocycles. The molecule has 5 rings (SSSR count). The molecule has 0 saturated heterocycles. The van der Waals surface area contributed by atoms with Gasteiger partial charge in [-0.1, -0.05) is 52.3 Å². The first-order valence-corrected chi connectivity index (χ1v) is 12.7. The van der Waals surface area contributed by atoms with Crippen molar-refractivity contribution in [3.8, 4) is 5.75 Å². The van der Waals surface area contributed by atoms with Gasteiger partial charge in [0.1, 0.15) is 5.75 Å². The lowest BCUT2D eigenvalue weighted by atomic mass is 9.78. The van der Waals surface area contributed by atoms with Crippen LogP contribution in [0.25, 0.3) is 0 Å². The number of hydrogen-bond donors (Lipinski definition) is 1. The van der Waals surface area contributed by atoms with Crippen molar-refractivity contribution in [2.45, 2.75) is 24.5 Å². The molecular formula is C29H27BrN2O4. The molecule has 6 nitrogen and oxygen atoms in total. The smallest absolute Gasteiger partial charge is 0.259 e. The summed E-state index contributed by atoms with van der Waals surface area (Å²) >= 11 is 3.49. The van der Waals surface area contributed by atoms with Crippen LogP contribution in [-0.2, 0) is 16.0 Å². The van der Waals surface area contributed by atoms with E-state index in [1.54, 1.807) is 11.0 Å². The molecule has 184 valence electrons. The standard InChI is InChI=1S/C29H27BrN2O4/c1-2-16-32-25-7-4-3-6-24(25)26-29(28(32)34,19-20-8-12-22(30)13-9-20)31-27(36-26)21-10-14-23(15-11-21)35-18-5-17-33/h2-4,6-15,26,33H,1,5,16-19H2/t26-,29-/m1/s1. The molecule has 2 atom stereocenters. The van der Waals surface area contributed by atoms with Gasteiger partial charge in [-0.25, -0.2) is 4.99 Å². The predicted octanol–water partition coefficient (Wildman–Crippen LogP) is 5.24. The van der Waals surface area contributed by atoms with E-state index >= 15 is 0 Å². The van der Waals surface area contributed by atoms with Crippen LogP contribution in [0.4, 0.5) is 5.69 Å². The van der Waals surface area contributed by atoms with Gasteiger partial charge in [0, 0.05) is 41.6 Å². The molecule has 0 bridgehead atoms. The molecule has 0 fully saturated rings. The molecule has 2 heterocycles. The number of aliphatic imine (C=N–C) groups is 1. The Kier molecular flexibility index (Phi) is 6.94. The highest BCUT2D eigenvalue weighted by atomic mass is 79.9. The molecule has 0 spiro atoms. The van der Waals surface area contributed by atoms with Gasteiger partial charge in [-0.2, -0.15) is 0 Å². The van der Waals surface area contributed by atoms with Gasteiger partial charge in [0.25, 0.3) is 5.91 Å². The maximum atomic E-state index is 14.2. The summed E-state index contributed by atoms with van der Waals surface area (Å²) in [6.45, 7) is 4.78. The highest BCUT2D eigenvalue weighted by molar-refractivity contribution is 9.10. The van der Waals surface area contributed by atoms with Crippen LogP contribution in [-0.4, -0.2) is 42.2 Å². The Balaban J connectivity index is 1.57. The van der Waals surface area contributed by atoms with Crippen LogP contribution in [0.1, 0.15) is 29.2 Å². The Hall–Kier alpha value is -3.42. The molecule has 0 aromatic heterocycles. The van der Waals surface area contributed by atoms with Crippen molar-refractivity contribution in [1.29, 1.82) is 0 Å².